The second-order valence-corrected chi connectivity index (χ2v) is 7.29. The second kappa shape index (κ2) is 7.28. The molecule has 0 spiro atoms. The Hall–Kier alpha value is -0.570. The highest BCUT2D eigenvalue weighted by atomic mass is 16.1. The number of hydrogen-bond acceptors (Lipinski definition) is 2. The van der Waals surface area contributed by atoms with Gasteiger partial charge in [0.05, 0.1) is 0 Å². The van der Waals surface area contributed by atoms with Crippen LogP contribution < -0.4 is 11.1 Å². The lowest BCUT2D eigenvalue weighted by Crippen LogP contribution is -2.47. The van der Waals surface area contributed by atoms with E-state index in [0.717, 1.165) is 12.8 Å². The van der Waals surface area contributed by atoms with Crippen molar-refractivity contribution in [3.8, 4) is 0 Å². The maximum atomic E-state index is 12.2. The van der Waals surface area contributed by atoms with E-state index < -0.39 is 0 Å². The van der Waals surface area contributed by atoms with Crippen molar-refractivity contribution in [1.29, 1.82) is 0 Å². The first-order valence-corrected chi connectivity index (χ1v) is 7.84. The molecule has 0 radical (unpaired) electrons. The largest absolute Gasteiger partial charge is 0.353 e. The molecule has 2 unspecified atom stereocenters. The van der Waals surface area contributed by atoms with Gasteiger partial charge in [0.2, 0.25) is 5.91 Å². The fourth-order valence-electron chi connectivity index (χ4n) is 3.21. The summed E-state index contributed by atoms with van der Waals surface area (Å²) in [6, 6.07) is 0.339. The van der Waals surface area contributed by atoms with E-state index in [-0.39, 0.29) is 11.3 Å². The van der Waals surface area contributed by atoms with Gasteiger partial charge in [0.15, 0.2) is 0 Å². The fourth-order valence-corrected chi connectivity index (χ4v) is 3.21. The Morgan fingerprint density at radius 1 is 1.37 bits per heavy atom. The van der Waals surface area contributed by atoms with Crippen LogP contribution in [-0.2, 0) is 4.79 Å². The van der Waals surface area contributed by atoms with Crippen molar-refractivity contribution in [2.75, 3.05) is 6.54 Å². The number of carbonyl (C=O) groups is 1. The van der Waals surface area contributed by atoms with Gasteiger partial charge in [-0.15, -0.1) is 0 Å². The molecule has 112 valence electrons. The van der Waals surface area contributed by atoms with E-state index in [1.807, 2.05) is 0 Å². The molecule has 0 bridgehead atoms. The van der Waals surface area contributed by atoms with E-state index >= 15 is 0 Å². The summed E-state index contributed by atoms with van der Waals surface area (Å²) in [5, 5.41) is 3.25. The van der Waals surface area contributed by atoms with E-state index in [9.17, 15) is 4.79 Å². The molecular weight excluding hydrogens is 236 g/mol. The summed E-state index contributed by atoms with van der Waals surface area (Å²) in [6.45, 7) is 9.52. The maximum Gasteiger partial charge on any atom is 0.220 e. The van der Waals surface area contributed by atoms with Gasteiger partial charge >= 0.3 is 0 Å². The third kappa shape index (κ3) is 5.52. The van der Waals surface area contributed by atoms with Crippen LogP contribution in [0.5, 0.6) is 0 Å². The summed E-state index contributed by atoms with van der Waals surface area (Å²) in [6.07, 6.45) is 6.48. The quantitative estimate of drug-likeness (QED) is 0.778. The molecule has 0 saturated heterocycles. The normalized spacial score (nSPS) is 24.2. The molecule has 1 amide bonds. The number of carbonyl (C=O) groups excluding carboxylic acids is 1. The van der Waals surface area contributed by atoms with Gasteiger partial charge in [-0.2, -0.15) is 0 Å². The van der Waals surface area contributed by atoms with Crippen LogP contribution >= 0.6 is 0 Å². The van der Waals surface area contributed by atoms with E-state index in [4.69, 9.17) is 5.73 Å². The Morgan fingerprint density at radius 3 is 2.58 bits per heavy atom. The van der Waals surface area contributed by atoms with Gasteiger partial charge < -0.3 is 11.1 Å². The first-order chi connectivity index (χ1) is 8.85. The molecule has 2 atom stereocenters. The van der Waals surface area contributed by atoms with Gasteiger partial charge in [0.1, 0.15) is 0 Å². The van der Waals surface area contributed by atoms with Crippen LogP contribution in [0.4, 0.5) is 0 Å². The average molecular weight is 268 g/mol. The summed E-state index contributed by atoms with van der Waals surface area (Å²) in [7, 11) is 0. The van der Waals surface area contributed by atoms with Gasteiger partial charge in [-0.1, -0.05) is 40.5 Å². The van der Waals surface area contributed by atoms with Crippen LogP contribution in [0.2, 0.25) is 0 Å². The third-order valence-electron chi connectivity index (χ3n) is 4.45. The van der Waals surface area contributed by atoms with Gasteiger partial charge in [0, 0.05) is 12.5 Å². The molecule has 0 heterocycles. The number of hydrogen-bond donors (Lipinski definition) is 2. The Morgan fingerprint density at radius 2 is 2.05 bits per heavy atom. The first-order valence-electron chi connectivity index (χ1n) is 7.84. The monoisotopic (exact) mass is 268 g/mol. The zero-order valence-corrected chi connectivity index (χ0v) is 13.2. The first kappa shape index (κ1) is 16.5. The zero-order chi connectivity index (χ0) is 14.5. The lowest BCUT2D eigenvalue weighted by molar-refractivity contribution is -0.124. The molecule has 3 heteroatoms. The lowest BCUT2D eigenvalue weighted by atomic mass is 9.73. The van der Waals surface area contributed by atoms with Gasteiger partial charge in [-0.25, -0.2) is 0 Å². The van der Waals surface area contributed by atoms with E-state index in [1.165, 1.54) is 19.3 Å². The van der Waals surface area contributed by atoms with Gasteiger partial charge in [0.25, 0.3) is 0 Å². The number of nitrogens with two attached hydrogens (primary N) is 1. The van der Waals surface area contributed by atoms with Crippen molar-refractivity contribution in [3.05, 3.63) is 0 Å². The Bertz CT molecular complexity index is 286. The third-order valence-corrected chi connectivity index (χ3v) is 4.45. The average Bonchev–Trinajstić information content (AvgIpc) is 2.30. The summed E-state index contributed by atoms with van der Waals surface area (Å²) in [5.74, 6) is 1.12. The van der Waals surface area contributed by atoms with Gasteiger partial charge in [-0.05, 0) is 43.1 Å². The van der Waals surface area contributed by atoms with E-state index in [0.29, 0.717) is 30.8 Å². The predicted octanol–water partition coefficient (Wildman–Crippen LogP) is 3.08. The standard InChI is InChI=1S/C16H32N2O/c1-12(2)9-13(11-17)10-15(19)18-14-7-5-6-8-16(14,3)4/h12-14H,5-11,17H2,1-4H3,(H,18,19). The molecule has 3 nitrogen and oxygen atoms in total. The lowest BCUT2D eigenvalue weighted by Gasteiger charge is -2.39. The van der Waals surface area contributed by atoms with Crippen molar-refractivity contribution in [2.45, 2.75) is 72.3 Å². The highest BCUT2D eigenvalue weighted by Crippen LogP contribution is 2.35. The Labute approximate surface area is 118 Å². The molecule has 0 aromatic carbocycles. The smallest absolute Gasteiger partial charge is 0.220 e. The minimum absolute atomic E-state index is 0.191. The van der Waals surface area contributed by atoms with Crippen LogP contribution in [0, 0.1) is 17.3 Å². The van der Waals surface area contributed by atoms with Crippen LogP contribution in [0.25, 0.3) is 0 Å². The Kier molecular flexibility index (Phi) is 6.31. The fraction of sp³-hybridized carbons (Fsp3) is 0.938. The Balaban J connectivity index is 2.45. The van der Waals surface area contributed by atoms with Gasteiger partial charge in [-0.3, -0.25) is 4.79 Å². The predicted molar refractivity (Wildman–Crippen MR) is 80.8 cm³/mol. The number of nitrogens with one attached hydrogen (secondary N) is 1. The molecular formula is C16H32N2O. The molecule has 0 aromatic rings. The molecule has 0 aromatic heterocycles. The topological polar surface area (TPSA) is 55.1 Å². The molecule has 1 rings (SSSR count). The van der Waals surface area contributed by atoms with Crippen molar-refractivity contribution < 1.29 is 4.79 Å². The van der Waals surface area contributed by atoms with Crippen LogP contribution in [0.15, 0.2) is 0 Å². The molecule has 1 aliphatic rings. The molecule has 19 heavy (non-hydrogen) atoms. The summed E-state index contributed by atoms with van der Waals surface area (Å²) in [5.41, 5.74) is 6.02. The molecule has 1 fully saturated rings. The van der Waals surface area contributed by atoms with Crippen molar-refractivity contribution in [2.24, 2.45) is 23.0 Å². The highest BCUT2D eigenvalue weighted by molar-refractivity contribution is 5.76. The van der Waals surface area contributed by atoms with Crippen molar-refractivity contribution in [3.63, 3.8) is 0 Å². The van der Waals surface area contributed by atoms with Crippen molar-refractivity contribution in [1.82, 2.24) is 5.32 Å². The SMILES string of the molecule is CC(C)CC(CN)CC(=O)NC1CCCCC1(C)C. The molecule has 0 aliphatic heterocycles. The minimum atomic E-state index is 0.191. The van der Waals surface area contributed by atoms with Crippen LogP contribution in [0.3, 0.4) is 0 Å². The van der Waals surface area contributed by atoms with Crippen LogP contribution in [0.1, 0.15) is 66.2 Å². The van der Waals surface area contributed by atoms with Crippen molar-refractivity contribution >= 4 is 5.91 Å². The molecule has 3 N–H and O–H groups in total. The molecule has 1 aliphatic carbocycles. The summed E-state index contributed by atoms with van der Waals surface area (Å²) < 4.78 is 0. The van der Waals surface area contributed by atoms with E-state index in [1.54, 1.807) is 0 Å². The maximum absolute atomic E-state index is 12.2. The zero-order valence-electron chi connectivity index (χ0n) is 13.2. The summed E-state index contributed by atoms with van der Waals surface area (Å²) >= 11 is 0. The van der Waals surface area contributed by atoms with E-state index in [2.05, 4.69) is 33.0 Å². The highest BCUT2D eigenvalue weighted by Gasteiger charge is 2.33. The minimum Gasteiger partial charge on any atom is -0.353 e. The molecule has 1 saturated carbocycles. The number of rotatable bonds is 6. The summed E-state index contributed by atoms with van der Waals surface area (Å²) in [4.78, 5) is 12.2. The number of amides is 1. The second-order valence-electron chi connectivity index (χ2n) is 7.29. The van der Waals surface area contributed by atoms with Crippen LogP contribution in [-0.4, -0.2) is 18.5 Å².